The lowest BCUT2D eigenvalue weighted by molar-refractivity contribution is 0.0697. The molecule has 0 heterocycles. The van der Waals surface area contributed by atoms with Gasteiger partial charge in [-0.05, 0) is 23.6 Å². The summed E-state index contributed by atoms with van der Waals surface area (Å²) in [4.78, 5) is 10.7. The van der Waals surface area contributed by atoms with Crippen LogP contribution in [-0.4, -0.2) is 28.8 Å². The van der Waals surface area contributed by atoms with Gasteiger partial charge in [0.2, 0.25) is 0 Å². The molecule has 0 saturated carbocycles. The number of carbonyl (C=O) groups is 1. The zero-order valence-corrected chi connectivity index (χ0v) is 10.2. The van der Waals surface area contributed by atoms with E-state index in [1.807, 2.05) is 13.8 Å². The molecule has 1 rings (SSSR count). The van der Waals surface area contributed by atoms with E-state index in [1.54, 1.807) is 24.3 Å². The molecule has 4 nitrogen and oxygen atoms in total. The molecule has 0 saturated heterocycles. The molecule has 0 unspecified atom stereocenters. The average molecular weight is 237 g/mol. The SMILES string of the molecule is CC(C)[C@@H](CO)NCc1ccc(C(=O)O)cc1. The third kappa shape index (κ3) is 4.17. The third-order valence-electron chi connectivity index (χ3n) is 2.77. The van der Waals surface area contributed by atoms with Crippen LogP contribution < -0.4 is 5.32 Å². The Morgan fingerprint density at radius 2 is 1.88 bits per heavy atom. The van der Waals surface area contributed by atoms with Crippen molar-refractivity contribution in [3.05, 3.63) is 35.4 Å². The van der Waals surface area contributed by atoms with Crippen molar-refractivity contribution in [2.45, 2.75) is 26.4 Å². The third-order valence-corrected chi connectivity index (χ3v) is 2.77. The zero-order valence-electron chi connectivity index (χ0n) is 10.2. The topological polar surface area (TPSA) is 69.6 Å². The number of carboxylic acids is 1. The molecule has 0 aliphatic heterocycles. The molecular formula is C13H19NO3. The first-order valence-corrected chi connectivity index (χ1v) is 5.71. The summed E-state index contributed by atoms with van der Waals surface area (Å²) in [6, 6.07) is 6.80. The summed E-state index contributed by atoms with van der Waals surface area (Å²) < 4.78 is 0. The summed E-state index contributed by atoms with van der Waals surface area (Å²) in [5.41, 5.74) is 1.30. The van der Waals surface area contributed by atoms with Crippen LogP contribution in [0.1, 0.15) is 29.8 Å². The fourth-order valence-electron chi connectivity index (χ4n) is 1.53. The minimum atomic E-state index is -0.917. The number of aliphatic hydroxyl groups excluding tert-OH is 1. The van der Waals surface area contributed by atoms with Gasteiger partial charge in [0.1, 0.15) is 0 Å². The standard InChI is InChI=1S/C13H19NO3/c1-9(2)12(8-15)14-7-10-3-5-11(6-4-10)13(16)17/h3-6,9,12,14-15H,7-8H2,1-2H3,(H,16,17)/t12-/m1/s1. The van der Waals surface area contributed by atoms with Gasteiger partial charge in [0, 0.05) is 12.6 Å². The van der Waals surface area contributed by atoms with Crippen LogP contribution in [0.25, 0.3) is 0 Å². The van der Waals surface area contributed by atoms with E-state index < -0.39 is 5.97 Å². The summed E-state index contributed by atoms with van der Waals surface area (Å²) >= 11 is 0. The van der Waals surface area contributed by atoms with E-state index >= 15 is 0 Å². The van der Waals surface area contributed by atoms with Gasteiger partial charge >= 0.3 is 5.97 Å². The second-order valence-corrected chi connectivity index (χ2v) is 4.42. The molecule has 0 amide bonds. The first-order chi connectivity index (χ1) is 8.04. The van der Waals surface area contributed by atoms with E-state index in [2.05, 4.69) is 5.32 Å². The van der Waals surface area contributed by atoms with E-state index in [-0.39, 0.29) is 18.2 Å². The molecule has 1 atom stereocenters. The molecule has 0 radical (unpaired) electrons. The molecule has 0 spiro atoms. The van der Waals surface area contributed by atoms with Crippen molar-refractivity contribution in [3.63, 3.8) is 0 Å². The first-order valence-electron chi connectivity index (χ1n) is 5.71. The Balaban J connectivity index is 2.55. The molecule has 0 bridgehead atoms. The van der Waals surface area contributed by atoms with Crippen molar-refractivity contribution in [1.82, 2.24) is 5.32 Å². The molecule has 1 aromatic carbocycles. The van der Waals surface area contributed by atoms with Crippen molar-refractivity contribution < 1.29 is 15.0 Å². The Labute approximate surface area is 101 Å². The fourth-order valence-corrected chi connectivity index (χ4v) is 1.53. The van der Waals surface area contributed by atoms with Gasteiger partial charge in [-0.1, -0.05) is 26.0 Å². The number of hydrogen-bond acceptors (Lipinski definition) is 3. The molecule has 17 heavy (non-hydrogen) atoms. The van der Waals surface area contributed by atoms with Gasteiger partial charge in [0.15, 0.2) is 0 Å². The molecule has 0 fully saturated rings. The van der Waals surface area contributed by atoms with Gasteiger partial charge in [-0.2, -0.15) is 0 Å². The average Bonchev–Trinajstić information content (AvgIpc) is 2.30. The number of nitrogens with one attached hydrogen (secondary N) is 1. The normalized spacial score (nSPS) is 12.7. The number of carboxylic acid groups (broad SMARTS) is 1. The van der Waals surface area contributed by atoms with Gasteiger partial charge < -0.3 is 15.5 Å². The maximum absolute atomic E-state index is 10.7. The lowest BCUT2D eigenvalue weighted by Crippen LogP contribution is -2.36. The van der Waals surface area contributed by atoms with E-state index in [0.717, 1.165) is 5.56 Å². The van der Waals surface area contributed by atoms with E-state index in [0.29, 0.717) is 12.5 Å². The van der Waals surface area contributed by atoms with Crippen molar-refractivity contribution in [3.8, 4) is 0 Å². The monoisotopic (exact) mass is 237 g/mol. The Morgan fingerprint density at radius 1 is 1.29 bits per heavy atom. The lowest BCUT2D eigenvalue weighted by Gasteiger charge is -2.19. The maximum atomic E-state index is 10.7. The molecule has 1 aromatic rings. The highest BCUT2D eigenvalue weighted by Gasteiger charge is 2.11. The van der Waals surface area contributed by atoms with Gasteiger partial charge in [-0.25, -0.2) is 4.79 Å². The van der Waals surface area contributed by atoms with Crippen molar-refractivity contribution >= 4 is 5.97 Å². The van der Waals surface area contributed by atoms with Crippen LogP contribution in [0.15, 0.2) is 24.3 Å². The van der Waals surface area contributed by atoms with Gasteiger partial charge in [-0.15, -0.1) is 0 Å². The Hall–Kier alpha value is -1.39. The number of aromatic carboxylic acids is 1. The Bertz CT molecular complexity index is 359. The van der Waals surface area contributed by atoms with Crippen LogP contribution in [0.4, 0.5) is 0 Å². The molecule has 0 aromatic heterocycles. The van der Waals surface area contributed by atoms with Crippen LogP contribution in [-0.2, 0) is 6.54 Å². The molecule has 0 aliphatic carbocycles. The summed E-state index contributed by atoms with van der Waals surface area (Å²) in [5.74, 6) is -0.557. The maximum Gasteiger partial charge on any atom is 0.335 e. The predicted molar refractivity (Wildman–Crippen MR) is 66.0 cm³/mol. The minimum Gasteiger partial charge on any atom is -0.478 e. The number of benzene rings is 1. The molecule has 0 aliphatic rings. The second-order valence-electron chi connectivity index (χ2n) is 4.42. The van der Waals surface area contributed by atoms with Gasteiger partial charge in [-0.3, -0.25) is 0 Å². The Kier molecular flexibility index (Phi) is 5.12. The quantitative estimate of drug-likeness (QED) is 0.701. The second kappa shape index (κ2) is 6.37. The first kappa shape index (κ1) is 13.7. The minimum absolute atomic E-state index is 0.0640. The molecule has 94 valence electrons. The van der Waals surface area contributed by atoms with Crippen molar-refractivity contribution in [1.29, 1.82) is 0 Å². The van der Waals surface area contributed by atoms with Crippen LogP contribution >= 0.6 is 0 Å². The van der Waals surface area contributed by atoms with Gasteiger partial charge in [0.25, 0.3) is 0 Å². The van der Waals surface area contributed by atoms with Crippen LogP contribution in [0.3, 0.4) is 0 Å². The van der Waals surface area contributed by atoms with E-state index in [9.17, 15) is 4.79 Å². The predicted octanol–water partition coefficient (Wildman–Crippen LogP) is 1.49. The van der Waals surface area contributed by atoms with Crippen LogP contribution in [0, 0.1) is 5.92 Å². The fraction of sp³-hybridized carbons (Fsp3) is 0.462. The zero-order chi connectivity index (χ0) is 12.8. The highest BCUT2D eigenvalue weighted by Crippen LogP contribution is 2.06. The van der Waals surface area contributed by atoms with Crippen LogP contribution in [0.2, 0.25) is 0 Å². The molecule has 3 N–H and O–H groups in total. The smallest absolute Gasteiger partial charge is 0.335 e. The number of rotatable bonds is 6. The summed E-state index contributed by atoms with van der Waals surface area (Å²) in [5, 5.41) is 21.1. The largest absolute Gasteiger partial charge is 0.478 e. The number of aliphatic hydroxyl groups is 1. The van der Waals surface area contributed by atoms with Crippen LogP contribution in [0.5, 0.6) is 0 Å². The summed E-state index contributed by atoms with van der Waals surface area (Å²) in [6.45, 7) is 4.82. The number of hydrogen-bond donors (Lipinski definition) is 3. The van der Waals surface area contributed by atoms with E-state index in [4.69, 9.17) is 10.2 Å². The van der Waals surface area contributed by atoms with Crippen molar-refractivity contribution in [2.75, 3.05) is 6.61 Å². The summed E-state index contributed by atoms with van der Waals surface area (Å²) in [7, 11) is 0. The van der Waals surface area contributed by atoms with E-state index in [1.165, 1.54) is 0 Å². The molecule has 4 heteroatoms. The Morgan fingerprint density at radius 3 is 2.29 bits per heavy atom. The van der Waals surface area contributed by atoms with Gasteiger partial charge in [0.05, 0.1) is 12.2 Å². The molecular weight excluding hydrogens is 218 g/mol. The lowest BCUT2D eigenvalue weighted by atomic mass is 10.0. The van der Waals surface area contributed by atoms with Crippen molar-refractivity contribution in [2.24, 2.45) is 5.92 Å². The summed E-state index contributed by atoms with van der Waals surface area (Å²) in [6.07, 6.45) is 0. The highest BCUT2D eigenvalue weighted by molar-refractivity contribution is 5.87. The highest BCUT2D eigenvalue weighted by atomic mass is 16.4.